The van der Waals surface area contributed by atoms with Gasteiger partial charge in [0.1, 0.15) is 5.84 Å². The minimum atomic E-state index is -5.31. The van der Waals surface area contributed by atoms with Crippen molar-refractivity contribution >= 4 is 23.5 Å². The number of carbonyl (C=O) groups excluding carboxylic acids is 3. The van der Waals surface area contributed by atoms with Gasteiger partial charge in [-0.3, -0.25) is 15.0 Å². The summed E-state index contributed by atoms with van der Waals surface area (Å²) in [7, 11) is 0. The molecule has 0 atom stereocenters. The summed E-state index contributed by atoms with van der Waals surface area (Å²) in [6.45, 7) is 8.15. The van der Waals surface area contributed by atoms with Crippen molar-refractivity contribution < 1.29 is 50.9 Å². The van der Waals surface area contributed by atoms with Crippen molar-refractivity contribution in [2.24, 2.45) is 5.73 Å². The maximum absolute atomic E-state index is 15.5. The van der Waals surface area contributed by atoms with Crippen LogP contribution in [0.4, 0.5) is 17.6 Å². The predicted molar refractivity (Wildman–Crippen MR) is 151 cm³/mol. The van der Waals surface area contributed by atoms with Crippen molar-refractivity contribution in [2.45, 2.75) is 65.6 Å². The maximum atomic E-state index is 15.5. The van der Waals surface area contributed by atoms with E-state index in [1.165, 1.54) is 11.0 Å². The molecule has 0 fully saturated rings. The molecule has 1 amide bonds. The van der Waals surface area contributed by atoms with Gasteiger partial charge in [0.2, 0.25) is 5.91 Å². The van der Waals surface area contributed by atoms with E-state index >= 15 is 4.39 Å². The lowest BCUT2D eigenvalue weighted by Gasteiger charge is -2.26. The van der Waals surface area contributed by atoms with Crippen molar-refractivity contribution in [2.75, 3.05) is 26.4 Å². The van der Waals surface area contributed by atoms with Crippen LogP contribution in [0, 0.1) is 11.2 Å². The summed E-state index contributed by atoms with van der Waals surface area (Å²) in [6.07, 6.45) is -5.28. The Kier molecular flexibility index (Phi) is 10.5. The number of nitrogens with zero attached hydrogens (tertiary/aromatic N) is 1. The molecule has 0 aromatic heterocycles. The number of halogens is 4. The molecule has 1 aliphatic rings. The molecular formula is C30H35F4N3O7. The molecule has 0 saturated heterocycles. The SMILES string of the molecule is CCOc1cc2c(c(F)c1OCC)C(=N)N(CC(=O)c1cc(OCCCC(N)=O)c(OC(=O)C(F)(F)F)c(C(C)(C)C)c1)C2. The lowest BCUT2D eigenvalue weighted by Crippen LogP contribution is -2.31. The summed E-state index contributed by atoms with van der Waals surface area (Å²) in [5, 5.41) is 8.60. The molecule has 0 unspecified atom stereocenters. The monoisotopic (exact) mass is 625 g/mol. The van der Waals surface area contributed by atoms with Gasteiger partial charge in [0, 0.05) is 24.1 Å². The number of ketones is 1. The molecule has 1 aliphatic heterocycles. The number of ether oxygens (including phenoxy) is 4. The van der Waals surface area contributed by atoms with Crippen molar-refractivity contribution in [3.8, 4) is 23.0 Å². The minimum absolute atomic E-state index is 0.00713. The molecule has 44 heavy (non-hydrogen) atoms. The largest absolute Gasteiger partial charge is 0.491 e. The first-order valence-electron chi connectivity index (χ1n) is 13.9. The Morgan fingerprint density at radius 3 is 2.18 bits per heavy atom. The van der Waals surface area contributed by atoms with E-state index in [-0.39, 0.29) is 79.0 Å². The second-order valence-electron chi connectivity index (χ2n) is 11.0. The molecular weight excluding hydrogens is 590 g/mol. The number of amidine groups is 1. The van der Waals surface area contributed by atoms with E-state index in [0.29, 0.717) is 5.56 Å². The average molecular weight is 626 g/mol. The molecule has 0 bridgehead atoms. The third-order valence-corrected chi connectivity index (χ3v) is 6.54. The Balaban J connectivity index is 2.00. The van der Waals surface area contributed by atoms with Crippen LogP contribution < -0.4 is 24.7 Å². The number of primary amides is 1. The molecule has 2 aromatic rings. The first kappa shape index (κ1) is 34.1. The molecule has 14 heteroatoms. The third-order valence-electron chi connectivity index (χ3n) is 6.54. The fraction of sp³-hybridized carbons (Fsp3) is 0.467. The number of fused-ring (bicyclic) bond motifs is 1. The van der Waals surface area contributed by atoms with Crippen molar-refractivity contribution in [1.82, 2.24) is 4.90 Å². The van der Waals surface area contributed by atoms with Crippen molar-refractivity contribution in [1.29, 1.82) is 5.41 Å². The molecule has 0 radical (unpaired) electrons. The summed E-state index contributed by atoms with van der Waals surface area (Å²) < 4.78 is 76.2. The van der Waals surface area contributed by atoms with Gasteiger partial charge in [0.05, 0.1) is 31.9 Å². The Hall–Kier alpha value is -4.36. The lowest BCUT2D eigenvalue weighted by molar-refractivity contribution is -0.189. The highest BCUT2D eigenvalue weighted by Crippen LogP contribution is 2.42. The summed E-state index contributed by atoms with van der Waals surface area (Å²) >= 11 is 0. The van der Waals surface area contributed by atoms with Crippen LogP contribution in [-0.4, -0.2) is 60.9 Å². The summed E-state index contributed by atoms with van der Waals surface area (Å²) in [5.41, 5.74) is 4.64. The molecule has 3 rings (SSSR count). The van der Waals surface area contributed by atoms with Gasteiger partial charge in [-0.15, -0.1) is 0 Å². The standard InChI is InChI=1S/C30H35F4N3O7/c1-6-41-21-13-17-14-37(27(36)23(17)24(31)26(21)42-7-2)15-19(38)16-11-18(29(3,4)5)25(44-28(40)30(32,33)34)20(12-16)43-10-8-9-22(35)39/h11-13,36H,6-10,14-15H2,1-5H3,(H2,35,39). The molecule has 0 aliphatic carbocycles. The highest BCUT2D eigenvalue weighted by molar-refractivity contribution is 6.06. The van der Waals surface area contributed by atoms with Gasteiger partial charge in [0.25, 0.3) is 0 Å². The van der Waals surface area contributed by atoms with E-state index in [0.717, 1.165) is 6.07 Å². The molecule has 3 N–H and O–H groups in total. The van der Waals surface area contributed by atoms with Gasteiger partial charge in [-0.05, 0) is 49.4 Å². The fourth-order valence-corrected chi connectivity index (χ4v) is 4.54. The lowest BCUT2D eigenvalue weighted by atomic mass is 9.84. The van der Waals surface area contributed by atoms with Crippen LogP contribution in [0.25, 0.3) is 0 Å². The smallest absolute Gasteiger partial charge is 0.490 e. The number of nitrogens with two attached hydrogens (primary N) is 1. The number of Topliss-reactive ketones (excluding diaryl/α,β-unsaturated/α-hetero) is 1. The van der Waals surface area contributed by atoms with Gasteiger partial charge in [-0.25, -0.2) is 9.18 Å². The summed E-state index contributed by atoms with van der Waals surface area (Å²) in [4.78, 5) is 37.9. The van der Waals surface area contributed by atoms with Gasteiger partial charge in [-0.2, -0.15) is 13.2 Å². The normalized spacial score (nSPS) is 13.0. The zero-order chi connectivity index (χ0) is 33.0. The van der Waals surface area contributed by atoms with E-state index in [1.807, 2.05) is 0 Å². The Labute approximate surface area is 251 Å². The Bertz CT molecular complexity index is 1450. The molecule has 0 spiro atoms. The van der Waals surface area contributed by atoms with Crippen LogP contribution in [0.3, 0.4) is 0 Å². The zero-order valence-electron chi connectivity index (χ0n) is 25.1. The second kappa shape index (κ2) is 13.5. The van der Waals surface area contributed by atoms with Crippen molar-refractivity contribution in [3.63, 3.8) is 0 Å². The van der Waals surface area contributed by atoms with Crippen LogP contribution in [0.2, 0.25) is 0 Å². The van der Waals surface area contributed by atoms with Gasteiger partial charge in [-0.1, -0.05) is 20.8 Å². The number of carbonyl (C=O) groups is 3. The highest BCUT2D eigenvalue weighted by Gasteiger charge is 2.43. The number of hydrogen-bond donors (Lipinski definition) is 2. The zero-order valence-corrected chi connectivity index (χ0v) is 25.1. The number of amides is 1. The molecule has 10 nitrogen and oxygen atoms in total. The average Bonchev–Trinajstić information content (AvgIpc) is 3.22. The maximum Gasteiger partial charge on any atom is 0.491 e. The van der Waals surface area contributed by atoms with Gasteiger partial charge < -0.3 is 29.6 Å². The van der Waals surface area contributed by atoms with Crippen LogP contribution >= 0.6 is 0 Å². The van der Waals surface area contributed by atoms with Crippen LogP contribution in [0.5, 0.6) is 23.0 Å². The highest BCUT2D eigenvalue weighted by atomic mass is 19.4. The number of esters is 1. The van der Waals surface area contributed by atoms with E-state index in [2.05, 4.69) is 0 Å². The summed E-state index contributed by atoms with van der Waals surface area (Å²) in [6, 6.07) is 3.99. The first-order chi connectivity index (χ1) is 20.5. The fourth-order valence-electron chi connectivity index (χ4n) is 4.54. The number of rotatable bonds is 13. The quantitative estimate of drug-likeness (QED) is 0.104. The summed E-state index contributed by atoms with van der Waals surface area (Å²) in [5.74, 6) is -5.53. The van der Waals surface area contributed by atoms with E-state index in [1.54, 1.807) is 40.7 Å². The van der Waals surface area contributed by atoms with E-state index in [9.17, 15) is 27.6 Å². The van der Waals surface area contributed by atoms with Crippen LogP contribution in [0.1, 0.15) is 74.5 Å². The molecule has 1 heterocycles. The van der Waals surface area contributed by atoms with E-state index in [4.69, 9.17) is 30.1 Å². The minimum Gasteiger partial charge on any atom is -0.490 e. The number of nitrogens with one attached hydrogen (secondary N) is 1. The Morgan fingerprint density at radius 1 is 0.977 bits per heavy atom. The van der Waals surface area contributed by atoms with Gasteiger partial charge >= 0.3 is 12.1 Å². The molecule has 2 aromatic carbocycles. The molecule has 240 valence electrons. The number of benzene rings is 2. The van der Waals surface area contributed by atoms with Gasteiger partial charge in [0.15, 0.2) is 34.6 Å². The number of hydrogen-bond acceptors (Lipinski definition) is 8. The second-order valence-corrected chi connectivity index (χ2v) is 11.0. The third kappa shape index (κ3) is 7.77. The Morgan fingerprint density at radius 2 is 1.61 bits per heavy atom. The first-order valence-corrected chi connectivity index (χ1v) is 13.9. The van der Waals surface area contributed by atoms with Crippen LogP contribution in [0.15, 0.2) is 18.2 Å². The van der Waals surface area contributed by atoms with Crippen molar-refractivity contribution in [3.05, 3.63) is 46.3 Å². The van der Waals surface area contributed by atoms with Crippen LogP contribution in [-0.2, 0) is 21.5 Å². The van der Waals surface area contributed by atoms with E-state index < -0.39 is 47.4 Å². The topological polar surface area (TPSA) is 141 Å². The molecule has 0 saturated carbocycles. The predicted octanol–water partition coefficient (Wildman–Crippen LogP) is 5.06. The number of alkyl halides is 3.